The summed E-state index contributed by atoms with van der Waals surface area (Å²) in [5.74, 6) is -0.879. The summed E-state index contributed by atoms with van der Waals surface area (Å²) in [4.78, 5) is 10.8. The second-order valence-electron chi connectivity index (χ2n) is 2.41. The summed E-state index contributed by atoms with van der Waals surface area (Å²) in [7, 11) is 0. The van der Waals surface area contributed by atoms with Crippen molar-refractivity contribution < 1.29 is 9.18 Å². The van der Waals surface area contributed by atoms with E-state index >= 15 is 0 Å². The summed E-state index contributed by atoms with van der Waals surface area (Å²) >= 11 is 3.05. The van der Waals surface area contributed by atoms with E-state index in [1.54, 1.807) is 0 Å². The molecule has 0 atom stereocenters. The Bertz CT molecular complexity index is 338. The van der Waals surface area contributed by atoms with Gasteiger partial charge in [-0.3, -0.25) is 4.79 Å². The Morgan fingerprint density at radius 1 is 1.58 bits per heavy atom. The third-order valence-corrected chi connectivity index (χ3v) is 2.15. The molecule has 0 unspecified atom stereocenters. The lowest BCUT2D eigenvalue weighted by atomic mass is 10.1. The van der Waals surface area contributed by atoms with Crippen molar-refractivity contribution in [2.75, 3.05) is 5.73 Å². The minimum atomic E-state index is -0.552. The predicted octanol–water partition coefficient (Wildman–Crippen LogP) is 2.37. The molecule has 1 aromatic carbocycles. The number of carbonyl (C=O) groups excluding carboxylic acids is 1. The molecule has 0 saturated carbocycles. The van der Waals surface area contributed by atoms with Gasteiger partial charge in [-0.1, -0.05) is 0 Å². The molecule has 2 N–H and O–H groups in total. The molecule has 0 heterocycles. The molecule has 0 saturated heterocycles. The van der Waals surface area contributed by atoms with Gasteiger partial charge in [-0.2, -0.15) is 0 Å². The SMILES string of the molecule is CC(=O)c1cc(N)c(Br)cc1F. The zero-order chi connectivity index (χ0) is 9.30. The number of hydrogen-bond acceptors (Lipinski definition) is 2. The monoisotopic (exact) mass is 231 g/mol. The van der Waals surface area contributed by atoms with Gasteiger partial charge in [0.15, 0.2) is 5.78 Å². The van der Waals surface area contributed by atoms with Gasteiger partial charge in [0.25, 0.3) is 0 Å². The highest BCUT2D eigenvalue weighted by molar-refractivity contribution is 9.10. The molecule has 0 aliphatic rings. The molecular formula is C8H7BrFNO. The van der Waals surface area contributed by atoms with E-state index in [9.17, 15) is 9.18 Å². The third-order valence-electron chi connectivity index (χ3n) is 1.47. The van der Waals surface area contributed by atoms with Crippen molar-refractivity contribution in [1.29, 1.82) is 0 Å². The maximum atomic E-state index is 13.0. The second-order valence-corrected chi connectivity index (χ2v) is 3.26. The number of hydrogen-bond donors (Lipinski definition) is 1. The fourth-order valence-electron chi connectivity index (χ4n) is 0.836. The summed E-state index contributed by atoms with van der Waals surface area (Å²) in [6.07, 6.45) is 0. The van der Waals surface area contributed by atoms with E-state index in [1.807, 2.05) is 0 Å². The van der Waals surface area contributed by atoms with Crippen molar-refractivity contribution >= 4 is 27.4 Å². The van der Waals surface area contributed by atoms with E-state index in [0.717, 1.165) is 0 Å². The van der Waals surface area contributed by atoms with Crippen molar-refractivity contribution in [1.82, 2.24) is 0 Å². The second kappa shape index (κ2) is 3.23. The first kappa shape index (κ1) is 9.19. The maximum absolute atomic E-state index is 13.0. The fourth-order valence-corrected chi connectivity index (χ4v) is 1.15. The molecule has 1 aromatic rings. The van der Waals surface area contributed by atoms with Crippen LogP contribution in [0.1, 0.15) is 17.3 Å². The molecule has 2 nitrogen and oxygen atoms in total. The zero-order valence-corrected chi connectivity index (χ0v) is 7.98. The van der Waals surface area contributed by atoms with Crippen molar-refractivity contribution in [2.45, 2.75) is 6.92 Å². The Morgan fingerprint density at radius 3 is 2.67 bits per heavy atom. The summed E-state index contributed by atoms with van der Waals surface area (Å²) in [5, 5.41) is 0. The number of benzene rings is 1. The van der Waals surface area contributed by atoms with Crippen LogP contribution in [0.4, 0.5) is 10.1 Å². The molecule has 0 radical (unpaired) electrons. The van der Waals surface area contributed by atoms with Gasteiger partial charge in [0, 0.05) is 10.2 Å². The van der Waals surface area contributed by atoms with Crippen LogP contribution in [0.5, 0.6) is 0 Å². The summed E-state index contributed by atoms with van der Waals surface area (Å²) in [6, 6.07) is 2.51. The number of halogens is 2. The van der Waals surface area contributed by atoms with E-state index in [4.69, 9.17) is 5.73 Å². The Kier molecular flexibility index (Phi) is 2.47. The van der Waals surface area contributed by atoms with E-state index in [2.05, 4.69) is 15.9 Å². The highest BCUT2D eigenvalue weighted by Crippen LogP contribution is 2.23. The molecule has 0 aliphatic heterocycles. The Labute approximate surface area is 77.7 Å². The molecule has 0 spiro atoms. The number of nitrogens with two attached hydrogens (primary N) is 1. The van der Waals surface area contributed by atoms with E-state index in [-0.39, 0.29) is 11.3 Å². The lowest BCUT2D eigenvalue weighted by Gasteiger charge is -2.02. The molecule has 0 amide bonds. The highest BCUT2D eigenvalue weighted by atomic mass is 79.9. The molecule has 0 bridgehead atoms. The van der Waals surface area contributed by atoms with Crippen molar-refractivity contribution in [3.63, 3.8) is 0 Å². The maximum Gasteiger partial charge on any atom is 0.162 e. The molecule has 4 heteroatoms. The van der Waals surface area contributed by atoms with Crippen LogP contribution in [0, 0.1) is 5.82 Å². The highest BCUT2D eigenvalue weighted by Gasteiger charge is 2.09. The van der Waals surface area contributed by atoms with Gasteiger partial charge in [-0.05, 0) is 35.0 Å². The average molecular weight is 232 g/mol. The summed E-state index contributed by atoms with van der Waals surface area (Å²) in [6.45, 7) is 1.30. The van der Waals surface area contributed by atoms with E-state index < -0.39 is 5.82 Å². The number of anilines is 1. The third kappa shape index (κ3) is 1.64. The first-order chi connectivity index (χ1) is 5.52. The topological polar surface area (TPSA) is 43.1 Å². The minimum Gasteiger partial charge on any atom is -0.398 e. The largest absolute Gasteiger partial charge is 0.398 e. The van der Waals surface area contributed by atoms with Gasteiger partial charge in [-0.25, -0.2) is 4.39 Å². The molecule has 12 heavy (non-hydrogen) atoms. The van der Waals surface area contributed by atoms with E-state index in [0.29, 0.717) is 10.2 Å². The van der Waals surface area contributed by atoms with Crippen molar-refractivity contribution in [3.8, 4) is 0 Å². The van der Waals surface area contributed by atoms with Crippen molar-refractivity contribution in [3.05, 3.63) is 28.0 Å². The first-order valence-electron chi connectivity index (χ1n) is 3.28. The average Bonchev–Trinajstić information content (AvgIpc) is 1.96. The van der Waals surface area contributed by atoms with E-state index in [1.165, 1.54) is 19.1 Å². The van der Waals surface area contributed by atoms with Crippen LogP contribution >= 0.6 is 15.9 Å². The molecule has 0 fully saturated rings. The van der Waals surface area contributed by atoms with Gasteiger partial charge < -0.3 is 5.73 Å². The lowest BCUT2D eigenvalue weighted by molar-refractivity contribution is 0.101. The van der Waals surface area contributed by atoms with Gasteiger partial charge in [0.2, 0.25) is 0 Å². The zero-order valence-electron chi connectivity index (χ0n) is 6.40. The molecule has 0 aliphatic carbocycles. The Morgan fingerprint density at radius 2 is 2.17 bits per heavy atom. The van der Waals surface area contributed by atoms with Crippen LogP contribution in [-0.2, 0) is 0 Å². The number of Topliss-reactive ketones (excluding diaryl/α,β-unsaturated/α-hetero) is 1. The Balaban J connectivity index is 3.33. The quantitative estimate of drug-likeness (QED) is 0.596. The van der Waals surface area contributed by atoms with Crippen LogP contribution in [0.15, 0.2) is 16.6 Å². The minimum absolute atomic E-state index is 0.0238. The molecular weight excluding hydrogens is 225 g/mol. The first-order valence-corrected chi connectivity index (χ1v) is 4.07. The fraction of sp³-hybridized carbons (Fsp3) is 0.125. The van der Waals surface area contributed by atoms with Crippen molar-refractivity contribution in [2.24, 2.45) is 0 Å². The van der Waals surface area contributed by atoms with Crippen LogP contribution in [-0.4, -0.2) is 5.78 Å². The van der Waals surface area contributed by atoms with Gasteiger partial charge >= 0.3 is 0 Å². The number of carbonyl (C=O) groups is 1. The summed E-state index contributed by atoms with van der Waals surface area (Å²) < 4.78 is 13.4. The predicted molar refractivity (Wildman–Crippen MR) is 48.5 cm³/mol. The molecule has 1 rings (SSSR count). The Hall–Kier alpha value is -0.900. The number of nitrogen functional groups attached to an aromatic ring is 1. The van der Waals surface area contributed by atoms with Gasteiger partial charge in [-0.15, -0.1) is 0 Å². The summed E-state index contributed by atoms with van der Waals surface area (Å²) in [5.41, 5.74) is 5.85. The van der Waals surface area contributed by atoms with Crippen LogP contribution in [0.25, 0.3) is 0 Å². The van der Waals surface area contributed by atoms with Gasteiger partial charge in [0.05, 0.1) is 5.56 Å². The van der Waals surface area contributed by atoms with Crippen LogP contribution < -0.4 is 5.73 Å². The lowest BCUT2D eigenvalue weighted by Crippen LogP contribution is -1.99. The van der Waals surface area contributed by atoms with Crippen LogP contribution in [0.2, 0.25) is 0 Å². The number of ketones is 1. The number of rotatable bonds is 1. The molecule has 64 valence electrons. The van der Waals surface area contributed by atoms with Gasteiger partial charge in [0.1, 0.15) is 5.82 Å². The molecule has 0 aromatic heterocycles. The normalized spacial score (nSPS) is 9.92. The van der Waals surface area contributed by atoms with Crippen LogP contribution in [0.3, 0.4) is 0 Å². The smallest absolute Gasteiger partial charge is 0.162 e. The standard InChI is InChI=1S/C8H7BrFNO/c1-4(12)5-2-8(11)6(9)3-7(5)10/h2-3H,11H2,1H3.